The SMILES string of the molecule is CC(=O)c1cc(C)cc2c1nc(N1CCC(C)(C)CC1)n1ncnc21. The Hall–Kier alpha value is -2.50. The van der Waals surface area contributed by atoms with Crippen molar-refractivity contribution in [2.75, 3.05) is 18.0 Å². The summed E-state index contributed by atoms with van der Waals surface area (Å²) in [5.74, 6) is 0.803. The molecule has 2 aromatic heterocycles. The molecule has 0 radical (unpaired) electrons. The van der Waals surface area contributed by atoms with Gasteiger partial charge in [-0.2, -0.15) is 9.61 Å². The molecule has 6 nitrogen and oxygen atoms in total. The quantitative estimate of drug-likeness (QED) is 0.671. The molecule has 0 amide bonds. The molecule has 0 aliphatic carbocycles. The normalized spacial score (nSPS) is 17.4. The van der Waals surface area contributed by atoms with Crippen LogP contribution >= 0.6 is 0 Å². The number of hydrogen-bond donors (Lipinski definition) is 0. The van der Waals surface area contributed by atoms with Gasteiger partial charge in [-0.05, 0) is 49.8 Å². The molecule has 4 rings (SSSR count). The monoisotopic (exact) mass is 337 g/mol. The van der Waals surface area contributed by atoms with Gasteiger partial charge in [0, 0.05) is 24.0 Å². The molecule has 3 heterocycles. The first-order valence-electron chi connectivity index (χ1n) is 8.76. The van der Waals surface area contributed by atoms with Crippen LogP contribution in [0.3, 0.4) is 0 Å². The second-order valence-corrected chi connectivity index (χ2v) is 7.82. The van der Waals surface area contributed by atoms with Crippen LogP contribution in [0.25, 0.3) is 16.6 Å². The molecule has 0 atom stereocenters. The number of aryl methyl sites for hydroxylation is 1. The van der Waals surface area contributed by atoms with Gasteiger partial charge in [0.2, 0.25) is 5.95 Å². The summed E-state index contributed by atoms with van der Waals surface area (Å²) >= 11 is 0. The summed E-state index contributed by atoms with van der Waals surface area (Å²) in [6.45, 7) is 10.1. The van der Waals surface area contributed by atoms with E-state index in [1.54, 1.807) is 13.3 Å². The number of carbonyl (C=O) groups excluding carboxylic acids is 1. The molecule has 0 N–H and O–H groups in total. The number of carbonyl (C=O) groups is 1. The van der Waals surface area contributed by atoms with Crippen LogP contribution in [0.1, 0.15) is 49.5 Å². The Morgan fingerprint density at radius 2 is 1.92 bits per heavy atom. The maximum Gasteiger partial charge on any atom is 0.229 e. The van der Waals surface area contributed by atoms with Crippen molar-refractivity contribution in [1.82, 2.24) is 19.6 Å². The van der Waals surface area contributed by atoms with Crippen molar-refractivity contribution in [3.8, 4) is 0 Å². The zero-order valence-corrected chi connectivity index (χ0v) is 15.2. The summed E-state index contributed by atoms with van der Waals surface area (Å²) in [5, 5.41) is 5.28. The van der Waals surface area contributed by atoms with E-state index in [0.29, 0.717) is 11.0 Å². The zero-order valence-electron chi connectivity index (χ0n) is 15.2. The second kappa shape index (κ2) is 5.51. The minimum Gasteiger partial charge on any atom is -0.341 e. The highest BCUT2D eigenvalue weighted by atomic mass is 16.1. The van der Waals surface area contributed by atoms with E-state index in [-0.39, 0.29) is 5.78 Å². The molecule has 0 bridgehead atoms. The predicted molar refractivity (Wildman–Crippen MR) is 98.3 cm³/mol. The van der Waals surface area contributed by atoms with Gasteiger partial charge in [-0.3, -0.25) is 4.79 Å². The average Bonchev–Trinajstić information content (AvgIpc) is 3.03. The van der Waals surface area contributed by atoms with Gasteiger partial charge in [0.25, 0.3) is 0 Å². The average molecular weight is 337 g/mol. The van der Waals surface area contributed by atoms with Gasteiger partial charge in [-0.1, -0.05) is 13.8 Å². The first-order valence-corrected chi connectivity index (χ1v) is 8.76. The first-order chi connectivity index (χ1) is 11.9. The lowest BCUT2D eigenvalue weighted by molar-refractivity contribution is 0.101. The Bertz CT molecular complexity index is 978. The van der Waals surface area contributed by atoms with E-state index in [1.165, 1.54) is 0 Å². The van der Waals surface area contributed by atoms with Gasteiger partial charge in [-0.25, -0.2) is 9.97 Å². The third-order valence-electron chi connectivity index (χ3n) is 5.22. The molecule has 1 aromatic carbocycles. The minimum atomic E-state index is 0.0239. The lowest BCUT2D eigenvalue weighted by Crippen LogP contribution is -2.38. The van der Waals surface area contributed by atoms with Crippen molar-refractivity contribution in [1.29, 1.82) is 0 Å². The van der Waals surface area contributed by atoms with Crippen LogP contribution in [0, 0.1) is 12.3 Å². The molecule has 3 aromatic rings. The van der Waals surface area contributed by atoms with E-state index < -0.39 is 0 Å². The van der Waals surface area contributed by atoms with E-state index in [9.17, 15) is 4.79 Å². The second-order valence-electron chi connectivity index (χ2n) is 7.82. The highest BCUT2D eigenvalue weighted by Crippen LogP contribution is 2.33. The number of anilines is 1. The van der Waals surface area contributed by atoms with Gasteiger partial charge >= 0.3 is 0 Å². The highest BCUT2D eigenvalue weighted by molar-refractivity contribution is 6.09. The van der Waals surface area contributed by atoms with Crippen LogP contribution in [-0.2, 0) is 0 Å². The van der Waals surface area contributed by atoms with Crippen molar-refractivity contribution in [2.45, 2.75) is 40.5 Å². The summed E-state index contributed by atoms with van der Waals surface area (Å²) in [6.07, 6.45) is 3.77. The number of ketones is 1. The van der Waals surface area contributed by atoms with Gasteiger partial charge in [0.1, 0.15) is 6.33 Å². The van der Waals surface area contributed by atoms with Crippen molar-refractivity contribution >= 4 is 28.3 Å². The van der Waals surface area contributed by atoms with E-state index in [0.717, 1.165) is 54.0 Å². The molecule has 130 valence electrons. The third kappa shape index (κ3) is 2.65. The molecule has 1 fully saturated rings. The van der Waals surface area contributed by atoms with Crippen LogP contribution in [-0.4, -0.2) is 38.5 Å². The van der Waals surface area contributed by atoms with E-state index in [1.807, 2.05) is 23.6 Å². The number of Topliss-reactive ketones (excluding diaryl/α,β-unsaturated/α-hetero) is 1. The third-order valence-corrected chi connectivity index (χ3v) is 5.22. The topological polar surface area (TPSA) is 63.4 Å². The maximum atomic E-state index is 12.2. The molecule has 0 saturated carbocycles. The van der Waals surface area contributed by atoms with E-state index in [4.69, 9.17) is 4.98 Å². The summed E-state index contributed by atoms with van der Waals surface area (Å²) < 4.78 is 1.81. The van der Waals surface area contributed by atoms with Gasteiger partial charge in [-0.15, -0.1) is 0 Å². The van der Waals surface area contributed by atoms with Crippen molar-refractivity contribution < 1.29 is 4.79 Å². The Morgan fingerprint density at radius 3 is 2.60 bits per heavy atom. The number of hydrogen-bond acceptors (Lipinski definition) is 5. The summed E-state index contributed by atoms with van der Waals surface area (Å²) in [6, 6.07) is 3.94. The van der Waals surface area contributed by atoms with Gasteiger partial charge in [0.05, 0.1) is 5.52 Å². The van der Waals surface area contributed by atoms with Crippen molar-refractivity contribution in [3.05, 3.63) is 29.6 Å². The standard InChI is InChI=1S/C19H23N5O/c1-12-9-14(13(2)25)16-15(10-12)17-20-11-21-24(17)18(22-16)23-7-5-19(3,4)6-8-23/h9-11H,5-8H2,1-4H3. The number of nitrogens with zero attached hydrogens (tertiary/aromatic N) is 5. The summed E-state index contributed by atoms with van der Waals surface area (Å²) in [5.41, 5.74) is 3.52. The minimum absolute atomic E-state index is 0.0239. The van der Waals surface area contributed by atoms with Crippen molar-refractivity contribution in [2.24, 2.45) is 5.41 Å². The fourth-order valence-electron chi connectivity index (χ4n) is 3.57. The molecule has 0 spiro atoms. The van der Waals surface area contributed by atoms with Crippen molar-refractivity contribution in [3.63, 3.8) is 0 Å². The lowest BCUT2D eigenvalue weighted by Gasteiger charge is -2.37. The number of fused-ring (bicyclic) bond motifs is 3. The molecular weight excluding hydrogens is 314 g/mol. The molecule has 25 heavy (non-hydrogen) atoms. The molecule has 1 aliphatic rings. The fourth-order valence-corrected chi connectivity index (χ4v) is 3.57. The zero-order chi connectivity index (χ0) is 17.8. The number of benzene rings is 1. The first kappa shape index (κ1) is 16.0. The highest BCUT2D eigenvalue weighted by Gasteiger charge is 2.28. The van der Waals surface area contributed by atoms with Gasteiger partial charge < -0.3 is 4.90 Å². The number of aromatic nitrogens is 4. The Kier molecular flexibility index (Phi) is 3.52. The van der Waals surface area contributed by atoms with Crippen LogP contribution < -0.4 is 4.90 Å². The van der Waals surface area contributed by atoms with E-state index >= 15 is 0 Å². The molecule has 0 unspecified atom stereocenters. The van der Waals surface area contributed by atoms with E-state index in [2.05, 4.69) is 28.8 Å². The number of piperidine rings is 1. The summed E-state index contributed by atoms with van der Waals surface area (Å²) in [7, 11) is 0. The van der Waals surface area contributed by atoms with Gasteiger partial charge in [0.15, 0.2) is 11.4 Å². The van der Waals surface area contributed by atoms with Crippen LogP contribution in [0.15, 0.2) is 18.5 Å². The lowest BCUT2D eigenvalue weighted by atomic mass is 9.83. The summed E-state index contributed by atoms with van der Waals surface area (Å²) in [4.78, 5) is 23.7. The van der Waals surface area contributed by atoms with Crippen LogP contribution in [0.2, 0.25) is 0 Å². The largest absolute Gasteiger partial charge is 0.341 e. The van der Waals surface area contributed by atoms with Crippen LogP contribution in [0.5, 0.6) is 0 Å². The number of rotatable bonds is 2. The Balaban J connectivity index is 1.95. The predicted octanol–water partition coefficient (Wildman–Crippen LogP) is 3.41. The molecule has 1 saturated heterocycles. The maximum absolute atomic E-state index is 12.2. The Labute approximate surface area is 146 Å². The molecular formula is C19H23N5O. The van der Waals surface area contributed by atoms with Crippen LogP contribution in [0.4, 0.5) is 5.95 Å². The molecule has 6 heteroatoms. The Morgan fingerprint density at radius 1 is 1.20 bits per heavy atom. The smallest absolute Gasteiger partial charge is 0.229 e. The fraction of sp³-hybridized carbons (Fsp3) is 0.474. The molecule has 1 aliphatic heterocycles.